The van der Waals surface area contributed by atoms with E-state index in [-0.39, 0.29) is 5.97 Å². The Morgan fingerprint density at radius 2 is 1.71 bits per heavy atom. The smallest absolute Gasteiger partial charge is 0.333 e. The van der Waals surface area contributed by atoms with Gasteiger partial charge in [-0.15, -0.1) is 0 Å². The molecular weight excluding hydrogens is 352 g/mol. The van der Waals surface area contributed by atoms with Gasteiger partial charge in [-0.2, -0.15) is 15.5 Å². The van der Waals surface area contributed by atoms with E-state index >= 15 is 0 Å². The predicted molar refractivity (Wildman–Crippen MR) is 108 cm³/mol. The number of azo groups is 1. The first kappa shape index (κ1) is 19.3. The van der Waals surface area contributed by atoms with E-state index < -0.39 is 5.60 Å². The summed E-state index contributed by atoms with van der Waals surface area (Å²) in [6.45, 7) is 8.70. The van der Waals surface area contributed by atoms with Crippen molar-refractivity contribution < 1.29 is 9.53 Å². The van der Waals surface area contributed by atoms with Gasteiger partial charge in [0.25, 0.3) is 0 Å². The molecule has 0 radical (unpaired) electrons. The molecule has 1 heterocycles. The molecule has 28 heavy (non-hydrogen) atoms. The van der Waals surface area contributed by atoms with E-state index in [1.54, 1.807) is 31.2 Å². The van der Waals surface area contributed by atoms with Gasteiger partial charge < -0.3 is 9.64 Å². The number of carbonyl (C=O) groups is 1. The molecule has 0 saturated carbocycles. The van der Waals surface area contributed by atoms with Crippen LogP contribution in [0.4, 0.5) is 17.1 Å². The Morgan fingerprint density at radius 1 is 1.14 bits per heavy atom. The summed E-state index contributed by atoms with van der Waals surface area (Å²) in [5.74, 6) is -0.345. The van der Waals surface area contributed by atoms with Crippen LogP contribution in [0.3, 0.4) is 0 Å². The SMILES string of the molecule is C=C(C)C(=O)O[C@@]1(C)CCN(c2ccc(N=Nc3ccc(C#N)cc3)cc2)C1. The summed E-state index contributed by atoms with van der Waals surface area (Å²) >= 11 is 0. The van der Waals surface area contributed by atoms with Gasteiger partial charge in [0.15, 0.2) is 0 Å². The maximum absolute atomic E-state index is 11.8. The van der Waals surface area contributed by atoms with Gasteiger partial charge in [-0.05, 0) is 62.4 Å². The van der Waals surface area contributed by atoms with Crippen molar-refractivity contribution in [2.24, 2.45) is 10.2 Å². The summed E-state index contributed by atoms with van der Waals surface area (Å²) in [6.07, 6.45) is 0.770. The summed E-state index contributed by atoms with van der Waals surface area (Å²) < 4.78 is 5.61. The van der Waals surface area contributed by atoms with Crippen molar-refractivity contribution in [1.29, 1.82) is 5.26 Å². The van der Waals surface area contributed by atoms with E-state index in [1.807, 2.05) is 31.2 Å². The molecule has 2 aromatic rings. The zero-order valence-electron chi connectivity index (χ0n) is 16.1. The molecule has 1 aliphatic heterocycles. The molecule has 0 bridgehead atoms. The number of rotatable bonds is 5. The molecule has 1 fully saturated rings. The van der Waals surface area contributed by atoms with Crippen LogP contribution >= 0.6 is 0 Å². The molecule has 6 heteroatoms. The van der Waals surface area contributed by atoms with Crippen molar-refractivity contribution in [3.05, 3.63) is 66.2 Å². The zero-order valence-corrected chi connectivity index (χ0v) is 16.1. The van der Waals surface area contributed by atoms with Gasteiger partial charge in [-0.25, -0.2) is 4.79 Å². The fourth-order valence-corrected chi connectivity index (χ4v) is 3.00. The Balaban J connectivity index is 1.63. The molecule has 1 aliphatic rings. The second-order valence-corrected chi connectivity index (χ2v) is 7.17. The lowest BCUT2D eigenvalue weighted by Crippen LogP contribution is -2.35. The third kappa shape index (κ3) is 4.63. The molecule has 2 aromatic carbocycles. The van der Waals surface area contributed by atoms with Crippen molar-refractivity contribution in [3.8, 4) is 6.07 Å². The van der Waals surface area contributed by atoms with Crippen molar-refractivity contribution in [1.82, 2.24) is 0 Å². The molecule has 3 rings (SSSR count). The number of hydrogen-bond acceptors (Lipinski definition) is 6. The van der Waals surface area contributed by atoms with E-state index in [0.29, 0.717) is 23.4 Å². The van der Waals surface area contributed by atoms with Crippen molar-refractivity contribution in [2.75, 3.05) is 18.0 Å². The molecule has 0 aliphatic carbocycles. The monoisotopic (exact) mass is 374 g/mol. The van der Waals surface area contributed by atoms with Crippen LogP contribution in [0.15, 0.2) is 70.9 Å². The molecule has 0 N–H and O–H groups in total. The molecule has 0 spiro atoms. The van der Waals surface area contributed by atoms with E-state index in [1.165, 1.54) is 0 Å². The number of nitrogens with zero attached hydrogens (tertiary/aromatic N) is 4. The first-order chi connectivity index (χ1) is 13.4. The van der Waals surface area contributed by atoms with Gasteiger partial charge in [0.05, 0.1) is 29.6 Å². The Bertz CT molecular complexity index is 942. The van der Waals surface area contributed by atoms with E-state index in [0.717, 1.165) is 24.3 Å². The van der Waals surface area contributed by atoms with Gasteiger partial charge in [0.2, 0.25) is 0 Å². The number of esters is 1. The minimum absolute atomic E-state index is 0.345. The summed E-state index contributed by atoms with van der Waals surface area (Å²) in [7, 11) is 0. The first-order valence-corrected chi connectivity index (χ1v) is 9.04. The average molecular weight is 374 g/mol. The first-order valence-electron chi connectivity index (χ1n) is 9.04. The number of anilines is 1. The highest BCUT2D eigenvalue weighted by Crippen LogP contribution is 2.31. The number of nitriles is 1. The number of ether oxygens (including phenoxy) is 1. The molecule has 142 valence electrons. The van der Waals surface area contributed by atoms with Crippen LogP contribution < -0.4 is 4.90 Å². The van der Waals surface area contributed by atoms with Gasteiger partial charge in [0, 0.05) is 24.2 Å². The fourth-order valence-electron chi connectivity index (χ4n) is 3.00. The third-order valence-corrected chi connectivity index (χ3v) is 4.62. The van der Waals surface area contributed by atoms with Crippen LogP contribution in [0.2, 0.25) is 0 Å². The lowest BCUT2D eigenvalue weighted by atomic mass is 10.1. The van der Waals surface area contributed by atoms with E-state index in [2.05, 4.69) is 27.8 Å². The highest BCUT2D eigenvalue weighted by molar-refractivity contribution is 5.87. The molecule has 0 amide bonds. The van der Waals surface area contributed by atoms with Crippen LogP contribution in [0.1, 0.15) is 25.8 Å². The molecule has 1 saturated heterocycles. The Hall–Kier alpha value is -3.46. The maximum atomic E-state index is 11.8. The van der Waals surface area contributed by atoms with Crippen LogP contribution in [0.5, 0.6) is 0 Å². The molecular formula is C22H22N4O2. The van der Waals surface area contributed by atoms with Crippen LogP contribution in [-0.4, -0.2) is 24.7 Å². The average Bonchev–Trinajstić information content (AvgIpc) is 3.08. The number of hydrogen-bond donors (Lipinski definition) is 0. The third-order valence-electron chi connectivity index (χ3n) is 4.62. The summed E-state index contributed by atoms with van der Waals surface area (Å²) in [6, 6.07) is 16.8. The Kier molecular flexibility index (Phi) is 5.55. The number of carbonyl (C=O) groups excluding carboxylic acids is 1. The van der Waals surface area contributed by atoms with Crippen LogP contribution in [0, 0.1) is 11.3 Å². The summed E-state index contributed by atoms with van der Waals surface area (Å²) in [4.78, 5) is 14.0. The Labute approximate surface area is 164 Å². The lowest BCUT2D eigenvalue weighted by molar-refractivity contribution is -0.151. The molecule has 0 unspecified atom stereocenters. The molecule has 6 nitrogen and oxygen atoms in total. The maximum Gasteiger partial charge on any atom is 0.333 e. The van der Waals surface area contributed by atoms with Crippen LogP contribution in [0.25, 0.3) is 0 Å². The highest BCUT2D eigenvalue weighted by Gasteiger charge is 2.37. The standard InChI is InChI=1S/C22H22N4O2/c1-16(2)21(27)28-22(3)12-13-26(15-22)20-10-8-19(9-11-20)25-24-18-6-4-17(14-23)5-7-18/h4-11H,1,12-13,15H2,2-3H3/t22-/m0/s1. The van der Waals surface area contributed by atoms with Crippen molar-refractivity contribution in [2.45, 2.75) is 25.9 Å². The second kappa shape index (κ2) is 8.05. The largest absolute Gasteiger partial charge is 0.454 e. The predicted octanol–water partition coefficient (Wildman–Crippen LogP) is 5.06. The highest BCUT2D eigenvalue weighted by atomic mass is 16.6. The minimum Gasteiger partial charge on any atom is -0.454 e. The topological polar surface area (TPSA) is 78.0 Å². The van der Waals surface area contributed by atoms with E-state index in [9.17, 15) is 4.79 Å². The molecule has 1 atom stereocenters. The van der Waals surface area contributed by atoms with Gasteiger partial charge in [-0.3, -0.25) is 0 Å². The van der Waals surface area contributed by atoms with Crippen LogP contribution in [-0.2, 0) is 9.53 Å². The molecule has 0 aromatic heterocycles. The van der Waals surface area contributed by atoms with Crippen molar-refractivity contribution >= 4 is 23.0 Å². The minimum atomic E-state index is -0.510. The summed E-state index contributed by atoms with van der Waals surface area (Å²) in [5, 5.41) is 17.2. The second-order valence-electron chi connectivity index (χ2n) is 7.17. The normalized spacial score (nSPS) is 18.8. The Morgan fingerprint density at radius 3 is 2.25 bits per heavy atom. The number of benzene rings is 2. The quantitative estimate of drug-likeness (QED) is 0.416. The zero-order chi connectivity index (χ0) is 20.1. The van der Waals surface area contributed by atoms with Gasteiger partial charge >= 0.3 is 5.97 Å². The van der Waals surface area contributed by atoms with Crippen molar-refractivity contribution in [3.63, 3.8) is 0 Å². The fraction of sp³-hybridized carbons (Fsp3) is 0.273. The summed E-state index contributed by atoms with van der Waals surface area (Å²) in [5.41, 5.74) is 2.98. The lowest BCUT2D eigenvalue weighted by Gasteiger charge is -2.26. The van der Waals surface area contributed by atoms with E-state index in [4.69, 9.17) is 10.00 Å². The van der Waals surface area contributed by atoms with Gasteiger partial charge in [0.1, 0.15) is 5.60 Å². The van der Waals surface area contributed by atoms with Gasteiger partial charge in [-0.1, -0.05) is 6.58 Å².